The number of fused-ring (bicyclic) bond motifs is 1. The lowest BCUT2D eigenvalue weighted by Gasteiger charge is -2.07. The molecular weight excluding hydrogens is 367 g/mol. The van der Waals surface area contributed by atoms with E-state index in [0.29, 0.717) is 16.5 Å². The predicted molar refractivity (Wildman–Crippen MR) is 85.7 cm³/mol. The van der Waals surface area contributed by atoms with Gasteiger partial charge in [-0.2, -0.15) is 0 Å². The Bertz CT molecular complexity index is 931. The van der Waals surface area contributed by atoms with Gasteiger partial charge in [-0.25, -0.2) is 14.0 Å². The summed E-state index contributed by atoms with van der Waals surface area (Å²) in [7, 11) is 0. The summed E-state index contributed by atoms with van der Waals surface area (Å²) >= 11 is 3.30. The zero-order valence-corrected chi connectivity index (χ0v) is 13.3. The van der Waals surface area contributed by atoms with Crippen LogP contribution in [-0.4, -0.2) is 5.97 Å². The lowest BCUT2D eigenvalue weighted by Crippen LogP contribution is -2.08. The highest BCUT2D eigenvalue weighted by atomic mass is 79.9. The fraction of sp³-hybridized carbons (Fsp3) is 0.0588. The van der Waals surface area contributed by atoms with Crippen LogP contribution in [-0.2, 0) is 11.3 Å². The SMILES string of the molecule is O=C(OCc1cc(=O)oc2cc(Br)ccc12)c1ccc(F)cc1. The Morgan fingerprint density at radius 2 is 1.87 bits per heavy atom. The standard InChI is InChI=1S/C17H10BrFO4/c18-12-3-6-14-11(7-16(20)23-15(14)8-12)9-22-17(21)10-1-4-13(19)5-2-10/h1-8H,9H2. The van der Waals surface area contributed by atoms with E-state index < -0.39 is 17.4 Å². The fourth-order valence-corrected chi connectivity index (χ4v) is 2.48. The van der Waals surface area contributed by atoms with Crippen molar-refractivity contribution in [3.8, 4) is 0 Å². The van der Waals surface area contributed by atoms with Gasteiger partial charge in [0, 0.05) is 21.5 Å². The molecule has 0 saturated heterocycles. The molecule has 0 spiro atoms. The zero-order valence-electron chi connectivity index (χ0n) is 11.7. The minimum absolute atomic E-state index is 0.0834. The smallest absolute Gasteiger partial charge is 0.338 e. The number of halogens is 2. The van der Waals surface area contributed by atoms with Crippen molar-refractivity contribution in [2.24, 2.45) is 0 Å². The van der Waals surface area contributed by atoms with Crippen molar-refractivity contribution in [1.82, 2.24) is 0 Å². The highest BCUT2D eigenvalue weighted by Gasteiger charge is 2.11. The van der Waals surface area contributed by atoms with E-state index in [0.717, 1.165) is 4.47 Å². The van der Waals surface area contributed by atoms with Gasteiger partial charge in [-0.1, -0.05) is 15.9 Å². The van der Waals surface area contributed by atoms with E-state index in [-0.39, 0.29) is 12.2 Å². The maximum atomic E-state index is 12.9. The number of hydrogen-bond acceptors (Lipinski definition) is 4. The first kappa shape index (κ1) is 15.4. The first-order valence-corrected chi connectivity index (χ1v) is 7.47. The van der Waals surface area contributed by atoms with Crippen LogP contribution >= 0.6 is 15.9 Å². The molecule has 1 heterocycles. The third-order valence-corrected chi connectivity index (χ3v) is 3.72. The molecule has 2 aromatic carbocycles. The minimum atomic E-state index is -0.594. The Morgan fingerprint density at radius 1 is 1.13 bits per heavy atom. The average molecular weight is 377 g/mol. The molecule has 116 valence electrons. The number of carbonyl (C=O) groups excluding carboxylic acids is 1. The summed E-state index contributed by atoms with van der Waals surface area (Å²) in [6, 6.07) is 11.6. The van der Waals surface area contributed by atoms with E-state index in [1.54, 1.807) is 18.2 Å². The summed E-state index contributed by atoms with van der Waals surface area (Å²) in [5.41, 5.74) is 0.656. The largest absolute Gasteiger partial charge is 0.457 e. The lowest BCUT2D eigenvalue weighted by atomic mass is 10.1. The van der Waals surface area contributed by atoms with Crippen molar-refractivity contribution in [1.29, 1.82) is 0 Å². The molecule has 3 aromatic rings. The molecule has 0 aliphatic heterocycles. The second-order valence-corrected chi connectivity index (χ2v) is 5.73. The van der Waals surface area contributed by atoms with Gasteiger partial charge in [0.1, 0.15) is 18.0 Å². The molecule has 0 amide bonds. The Balaban J connectivity index is 1.85. The first-order valence-electron chi connectivity index (χ1n) is 6.68. The molecule has 3 rings (SSSR count). The van der Waals surface area contributed by atoms with Gasteiger partial charge in [0.15, 0.2) is 0 Å². The van der Waals surface area contributed by atoms with E-state index in [1.165, 1.54) is 30.3 Å². The van der Waals surface area contributed by atoms with Crippen LogP contribution in [0.2, 0.25) is 0 Å². The molecule has 0 bridgehead atoms. The molecule has 4 nitrogen and oxygen atoms in total. The van der Waals surface area contributed by atoms with Crippen LogP contribution in [0.1, 0.15) is 15.9 Å². The van der Waals surface area contributed by atoms with Crippen LogP contribution in [0.5, 0.6) is 0 Å². The lowest BCUT2D eigenvalue weighted by molar-refractivity contribution is 0.0474. The molecule has 0 N–H and O–H groups in total. The second-order valence-electron chi connectivity index (χ2n) is 4.81. The molecule has 0 unspecified atom stereocenters. The van der Waals surface area contributed by atoms with E-state index in [9.17, 15) is 14.0 Å². The normalized spacial score (nSPS) is 10.7. The number of benzene rings is 2. The van der Waals surface area contributed by atoms with Gasteiger partial charge < -0.3 is 9.15 Å². The van der Waals surface area contributed by atoms with E-state index >= 15 is 0 Å². The molecule has 0 aliphatic rings. The highest BCUT2D eigenvalue weighted by molar-refractivity contribution is 9.10. The van der Waals surface area contributed by atoms with Gasteiger partial charge >= 0.3 is 11.6 Å². The first-order chi connectivity index (χ1) is 11.0. The van der Waals surface area contributed by atoms with E-state index in [1.807, 2.05) is 0 Å². The zero-order chi connectivity index (χ0) is 16.4. The van der Waals surface area contributed by atoms with Gasteiger partial charge in [0.05, 0.1) is 5.56 Å². The van der Waals surface area contributed by atoms with Crippen LogP contribution < -0.4 is 5.63 Å². The summed E-state index contributed by atoms with van der Waals surface area (Å²) in [5.74, 6) is -1.03. The van der Waals surface area contributed by atoms with Crippen LogP contribution in [0.3, 0.4) is 0 Å². The molecule has 23 heavy (non-hydrogen) atoms. The number of hydrogen-bond donors (Lipinski definition) is 0. The molecule has 6 heteroatoms. The van der Waals surface area contributed by atoms with Crippen LogP contribution in [0.15, 0.2) is 62.2 Å². The number of ether oxygens (including phenoxy) is 1. The summed E-state index contributed by atoms with van der Waals surface area (Å²) in [4.78, 5) is 23.6. The van der Waals surface area contributed by atoms with E-state index in [2.05, 4.69) is 15.9 Å². The van der Waals surface area contributed by atoms with Gasteiger partial charge in [0.2, 0.25) is 0 Å². The third-order valence-electron chi connectivity index (χ3n) is 3.23. The van der Waals surface area contributed by atoms with Gasteiger partial charge in [-0.3, -0.25) is 0 Å². The van der Waals surface area contributed by atoms with Crippen LogP contribution in [0.25, 0.3) is 11.0 Å². The van der Waals surface area contributed by atoms with Gasteiger partial charge in [-0.15, -0.1) is 0 Å². The average Bonchev–Trinajstić information content (AvgIpc) is 2.52. The molecule has 0 saturated carbocycles. The number of rotatable bonds is 3. The van der Waals surface area contributed by atoms with Crippen molar-refractivity contribution < 1.29 is 18.3 Å². The van der Waals surface area contributed by atoms with Crippen LogP contribution in [0.4, 0.5) is 4.39 Å². The van der Waals surface area contributed by atoms with Gasteiger partial charge in [0.25, 0.3) is 0 Å². The Hall–Kier alpha value is -2.47. The second kappa shape index (κ2) is 6.34. The summed E-state index contributed by atoms with van der Waals surface area (Å²) in [5, 5.41) is 0.680. The van der Waals surface area contributed by atoms with Crippen LogP contribution in [0, 0.1) is 5.82 Å². The summed E-state index contributed by atoms with van der Waals surface area (Å²) in [6.45, 7) is -0.0834. The molecular formula is C17H10BrFO4. The van der Waals surface area contributed by atoms with Crippen molar-refractivity contribution in [3.63, 3.8) is 0 Å². The van der Waals surface area contributed by atoms with Crippen molar-refractivity contribution >= 4 is 32.9 Å². The quantitative estimate of drug-likeness (QED) is 0.511. The van der Waals surface area contributed by atoms with Crippen molar-refractivity contribution in [2.45, 2.75) is 6.61 Å². The molecule has 0 radical (unpaired) electrons. The molecule has 0 fully saturated rings. The van der Waals surface area contributed by atoms with Crippen molar-refractivity contribution in [3.05, 3.63) is 80.4 Å². The minimum Gasteiger partial charge on any atom is -0.457 e. The summed E-state index contributed by atoms with van der Waals surface area (Å²) in [6.07, 6.45) is 0. The molecule has 0 aliphatic carbocycles. The molecule has 0 atom stereocenters. The maximum absolute atomic E-state index is 12.9. The maximum Gasteiger partial charge on any atom is 0.338 e. The number of carbonyl (C=O) groups is 1. The monoisotopic (exact) mass is 376 g/mol. The highest BCUT2D eigenvalue weighted by Crippen LogP contribution is 2.22. The van der Waals surface area contributed by atoms with Crippen molar-refractivity contribution in [2.75, 3.05) is 0 Å². The topological polar surface area (TPSA) is 56.5 Å². The summed E-state index contributed by atoms with van der Waals surface area (Å²) < 4.78 is 23.9. The third kappa shape index (κ3) is 3.48. The Morgan fingerprint density at radius 3 is 2.61 bits per heavy atom. The number of esters is 1. The van der Waals surface area contributed by atoms with Gasteiger partial charge in [-0.05, 0) is 42.5 Å². The van der Waals surface area contributed by atoms with E-state index in [4.69, 9.17) is 9.15 Å². The Labute approximate surface area is 138 Å². The Kier molecular flexibility index (Phi) is 4.25. The predicted octanol–water partition coefficient (Wildman–Crippen LogP) is 4.05. The fourth-order valence-electron chi connectivity index (χ4n) is 2.14. The molecule has 1 aromatic heterocycles.